The zero-order chi connectivity index (χ0) is 17.1. The molecule has 0 atom stereocenters. The Hall–Kier alpha value is -2.50. The van der Waals surface area contributed by atoms with Gasteiger partial charge in [0.1, 0.15) is 11.6 Å². The Balaban J connectivity index is 1.61. The van der Waals surface area contributed by atoms with Crippen LogP contribution in [0, 0.1) is 26.7 Å². The highest BCUT2D eigenvalue weighted by atomic mass is 16.1. The third-order valence-electron chi connectivity index (χ3n) is 4.47. The number of amides is 1. The van der Waals surface area contributed by atoms with Crippen molar-refractivity contribution in [3.63, 3.8) is 0 Å². The SMILES string of the molecule is Cc1cnc(C)c(N2CCC(C(=O)Nc3ncccc3C)CC2)n1. The second kappa shape index (κ2) is 6.95. The number of pyridine rings is 1. The summed E-state index contributed by atoms with van der Waals surface area (Å²) < 4.78 is 0. The Morgan fingerprint density at radius 1 is 1.21 bits per heavy atom. The number of nitrogens with one attached hydrogen (secondary N) is 1. The number of anilines is 2. The lowest BCUT2D eigenvalue weighted by molar-refractivity contribution is -0.120. The summed E-state index contributed by atoms with van der Waals surface area (Å²) in [5.41, 5.74) is 2.84. The summed E-state index contributed by atoms with van der Waals surface area (Å²) in [5, 5.41) is 2.96. The van der Waals surface area contributed by atoms with Gasteiger partial charge in [0.05, 0.1) is 11.4 Å². The fourth-order valence-corrected chi connectivity index (χ4v) is 3.01. The minimum absolute atomic E-state index is 0.0146. The molecular formula is C18H23N5O. The van der Waals surface area contributed by atoms with Crippen LogP contribution in [0.1, 0.15) is 29.8 Å². The Kier molecular flexibility index (Phi) is 4.74. The number of carbonyl (C=O) groups is 1. The summed E-state index contributed by atoms with van der Waals surface area (Å²) in [4.78, 5) is 27.9. The van der Waals surface area contributed by atoms with Gasteiger partial charge in [-0.05, 0) is 45.2 Å². The third-order valence-corrected chi connectivity index (χ3v) is 4.47. The minimum Gasteiger partial charge on any atom is -0.355 e. The van der Waals surface area contributed by atoms with Gasteiger partial charge in [0.2, 0.25) is 5.91 Å². The van der Waals surface area contributed by atoms with Gasteiger partial charge in [0, 0.05) is 31.4 Å². The first-order chi connectivity index (χ1) is 11.5. The summed E-state index contributed by atoms with van der Waals surface area (Å²) in [6.07, 6.45) is 5.11. The van der Waals surface area contributed by atoms with Crippen LogP contribution >= 0.6 is 0 Å². The van der Waals surface area contributed by atoms with E-state index in [0.29, 0.717) is 5.82 Å². The van der Waals surface area contributed by atoms with Crippen molar-refractivity contribution in [1.29, 1.82) is 0 Å². The fourth-order valence-electron chi connectivity index (χ4n) is 3.01. The lowest BCUT2D eigenvalue weighted by atomic mass is 9.95. The van der Waals surface area contributed by atoms with Crippen LogP contribution in [0.5, 0.6) is 0 Å². The van der Waals surface area contributed by atoms with Gasteiger partial charge in [-0.1, -0.05) is 6.07 Å². The number of aromatic nitrogens is 3. The van der Waals surface area contributed by atoms with Crippen LogP contribution in [-0.2, 0) is 4.79 Å². The molecule has 0 bridgehead atoms. The first-order valence-corrected chi connectivity index (χ1v) is 8.32. The van der Waals surface area contributed by atoms with Gasteiger partial charge in [-0.2, -0.15) is 0 Å². The Bertz CT molecular complexity index is 738. The molecule has 2 aromatic rings. The van der Waals surface area contributed by atoms with Crippen molar-refractivity contribution in [2.75, 3.05) is 23.3 Å². The van der Waals surface area contributed by atoms with Crippen LogP contribution < -0.4 is 10.2 Å². The second-order valence-electron chi connectivity index (χ2n) is 6.34. The van der Waals surface area contributed by atoms with E-state index in [9.17, 15) is 4.79 Å². The molecular weight excluding hydrogens is 302 g/mol. The molecule has 1 N–H and O–H groups in total. The zero-order valence-corrected chi connectivity index (χ0v) is 14.4. The summed E-state index contributed by atoms with van der Waals surface area (Å²) in [6.45, 7) is 7.51. The van der Waals surface area contributed by atoms with Crippen LogP contribution in [0.3, 0.4) is 0 Å². The lowest BCUT2D eigenvalue weighted by Gasteiger charge is -2.32. The van der Waals surface area contributed by atoms with Gasteiger partial charge in [-0.3, -0.25) is 9.78 Å². The summed E-state index contributed by atoms with van der Waals surface area (Å²) in [7, 11) is 0. The van der Waals surface area contributed by atoms with Crippen LogP contribution in [0.2, 0.25) is 0 Å². The van der Waals surface area contributed by atoms with Gasteiger partial charge in [-0.25, -0.2) is 9.97 Å². The highest BCUT2D eigenvalue weighted by molar-refractivity contribution is 5.92. The Morgan fingerprint density at radius 3 is 2.67 bits per heavy atom. The number of hydrogen-bond donors (Lipinski definition) is 1. The molecule has 2 aromatic heterocycles. The lowest BCUT2D eigenvalue weighted by Crippen LogP contribution is -2.39. The van der Waals surface area contributed by atoms with Crippen molar-refractivity contribution in [1.82, 2.24) is 15.0 Å². The zero-order valence-electron chi connectivity index (χ0n) is 14.4. The van der Waals surface area contributed by atoms with Crippen molar-refractivity contribution in [3.05, 3.63) is 41.5 Å². The number of carbonyl (C=O) groups excluding carboxylic acids is 1. The molecule has 0 aromatic carbocycles. The molecule has 0 spiro atoms. The fraction of sp³-hybridized carbons (Fsp3) is 0.444. The van der Waals surface area contributed by atoms with E-state index in [1.54, 1.807) is 12.4 Å². The highest BCUT2D eigenvalue weighted by Crippen LogP contribution is 2.25. The molecule has 0 aliphatic carbocycles. The Morgan fingerprint density at radius 2 is 1.96 bits per heavy atom. The van der Waals surface area contributed by atoms with Gasteiger partial charge in [0.25, 0.3) is 0 Å². The first-order valence-electron chi connectivity index (χ1n) is 8.32. The van der Waals surface area contributed by atoms with E-state index in [1.807, 2.05) is 32.9 Å². The maximum absolute atomic E-state index is 12.5. The van der Waals surface area contributed by atoms with Crippen molar-refractivity contribution >= 4 is 17.5 Å². The molecule has 1 fully saturated rings. The molecule has 3 rings (SSSR count). The standard InChI is InChI=1S/C18H23N5O/c1-12-5-4-8-19-16(12)22-18(24)15-6-9-23(10-7-15)17-14(3)20-11-13(2)21-17/h4-5,8,11,15H,6-7,9-10H2,1-3H3,(H,19,22,24). The molecule has 0 unspecified atom stereocenters. The van der Waals surface area contributed by atoms with E-state index in [1.165, 1.54) is 0 Å². The Labute approximate surface area is 142 Å². The van der Waals surface area contributed by atoms with E-state index in [0.717, 1.165) is 48.7 Å². The highest BCUT2D eigenvalue weighted by Gasteiger charge is 2.27. The minimum atomic E-state index is 0.0146. The van der Waals surface area contributed by atoms with Gasteiger partial charge < -0.3 is 10.2 Å². The van der Waals surface area contributed by atoms with Crippen molar-refractivity contribution in [2.24, 2.45) is 5.92 Å². The molecule has 6 nitrogen and oxygen atoms in total. The van der Waals surface area contributed by atoms with Crippen molar-refractivity contribution in [2.45, 2.75) is 33.6 Å². The largest absolute Gasteiger partial charge is 0.355 e. The normalized spacial score (nSPS) is 15.4. The van der Waals surface area contributed by atoms with Gasteiger partial charge in [-0.15, -0.1) is 0 Å². The quantitative estimate of drug-likeness (QED) is 0.939. The average Bonchev–Trinajstić information content (AvgIpc) is 2.59. The number of nitrogens with zero attached hydrogens (tertiary/aromatic N) is 4. The molecule has 0 saturated carbocycles. The second-order valence-corrected chi connectivity index (χ2v) is 6.34. The number of hydrogen-bond acceptors (Lipinski definition) is 5. The molecule has 1 aliphatic rings. The van der Waals surface area contributed by atoms with Crippen molar-refractivity contribution in [3.8, 4) is 0 Å². The predicted molar refractivity (Wildman–Crippen MR) is 94.0 cm³/mol. The maximum atomic E-state index is 12.5. The first kappa shape index (κ1) is 16.4. The topological polar surface area (TPSA) is 71.0 Å². The van der Waals surface area contributed by atoms with Crippen LogP contribution in [0.15, 0.2) is 24.5 Å². The molecule has 3 heterocycles. The van der Waals surface area contributed by atoms with Gasteiger partial charge >= 0.3 is 0 Å². The summed E-state index contributed by atoms with van der Waals surface area (Å²) in [5.74, 6) is 1.67. The number of piperidine rings is 1. The predicted octanol–water partition coefficient (Wildman–Crippen LogP) is 2.65. The molecule has 0 radical (unpaired) electrons. The molecule has 1 aliphatic heterocycles. The molecule has 1 saturated heterocycles. The van der Waals surface area contributed by atoms with Gasteiger partial charge in [0.15, 0.2) is 0 Å². The molecule has 1 amide bonds. The molecule has 24 heavy (non-hydrogen) atoms. The molecule has 6 heteroatoms. The van der Waals surface area contributed by atoms with Crippen LogP contribution in [0.25, 0.3) is 0 Å². The number of aryl methyl sites for hydroxylation is 3. The van der Waals surface area contributed by atoms with E-state index in [4.69, 9.17) is 0 Å². The van der Waals surface area contributed by atoms with E-state index < -0.39 is 0 Å². The maximum Gasteiger partial charge on any atom is 0.228 e. The van der Waals surface area contributed by atoms with Crippen LogP contribution in [0.4, 0.5) is 11.6 Å². The molecule has 126 valence electrons. The van der Waals surface area contributed by atoms with E-state index in [2.05, 4.69) is 25.2 Å². The third kappa shape index (κ3) is 3.53. The van der Waals surface area contributed by atoms with Crippen LogP contribution in [-0.4, -0.2) is 33.9 Å². The van der Waals surface area contributed by atoms with E-state index in [-0.39, 0.29) is 11.8 Å². The smallest absolute Gasteiger partial charge is 0.228 e. The number of rotatable bonds is 3. The summed E-state index contributed by atoms with van der Waals surface area (Å²) in [6, 6.07) is 3.82. The summed E-state index contributed by atoms with van der Waals surface area (Å²) >= 11 is 0. The monoisotopic (exact) mass is 325 g/mol. The average molecular weight is 325 g/mol. The van der Waals surface area contributed by atoms with Crippen molar-refractivity contribution < 1.29 is 4.79 Å². The van der Waals surface area contributed by atoms with E-state index >= 15 is 0 Å².